The molecule has 2 aliphatic rings. The lowest BCUT2D eigenvalue weighted by Gasteiger charge is -2.42. The minimum absolute atomic E-state index is 0.0687. The molecule has 0 unspecified atom stereocenters. The Labute approximate surface area is 213 Å². The zero-order valence-corrected chi connectivity index (χ0v) is 21.9. The highest BCUT2D eigenvalue weighted by molar-refractivity contribution is 7.89. The number of rotatable bonds is 7. The standard InChI is InChI=1S/C26H33ClN2O5S/c1-20-4-3-5-23(16-20)35(31,32)29-10-8-26(9-11-29,18-25(30)28-12-14-33-15-13-28)19-34-22-6-7-24(27)21(2)17-22/h3-7,16-17H,8-15,18-19H2,1-2H3. The van der Waals surface area contributed by atoms with Crippen molar-refractivity contribution in [3.63, 3.8) is 0 Å². The first kappa shape index (κ1) is 25.9. The summed E-state index contributed by atoms with van der Waals surface area (Å²) in [5.41, 5.74) is 1.36. The van der Waals surface area contributed by atoms with E-state index >= 15 is 0 Å². The molecule has 2 fully saturated rings. The smallest absolute Gasteiger partial charge is 0.243 e. The third kappa shape index (κ3) is 6.17. The molecular weight excluding hydrogens is 488 g/mol. The highest BCUT2D eigenvalue weighted by Crippen LogP contribution is 2.38. The number of hydrogen-bond acceptors (Lipinski definition) is 5. The summed E-state index contributed by atoms with van der Waals surface area (Å²) in [6.07, 6.45) is 1.40. The lowest BCUT2D eigenvalue weighted by molar-refractivity contribution is -0.139. The summed E-state index contributed by atoms with van der Waals surface area (Å²) in [6, 6.07) is 12.5. The SMILES string of the molecule is Cc1cccc(S(=O)(=O)N2CCC(COc3ccc(Cl)c(C)c3)(CC(=O)N3CCOCC3)CC2)c1. The van der Waals surface area contributed by atoms with Crippen molar-refractivity contribution < 1.29 is 22.7 Å². The molecule has 0 saturated carbocycles. The average molecular weight is 521 g/mol. The van der Waals surface area contributed by atoms with Crippen LogP contribution >= 0.6 is 11.6 Å². The molecular formula is C26H33ClN2O5S. The van der Waals surface area contributed by atoms with E-state index in [-0.39, 0.29) is 5.91 Å². The summed E-state index contributed by atoms with van der Waals surface area (Å²) in [6.45, 7) is 7.08. The molecule has 1 amide bonds. The van der Waals surface area contributed by atoms with Crippen molar-refractivity contribution in [2.75, 3.05) is 46.0 Å². The Morgan fingerprint density at radius 3 is 2.43 bits per heavy atom. The number of amides is 1. The molecule has 0 bridgehead atoms. The Morgan fingerprint density at radius 1 is 1.06 bits per heavy atom. The summed E-state index contributed by atoms with van der Waals surface area (Å²) < 4.78 is 39.6. The molecule has 2 aromatic rings. The monoisotopic (exact) mass is 520 g/mol. The van der Waals surface area contributed by atoms with Crippen molar-refractivity contribution in [1.82, 2.24) is 9.21 Å². The quantitative estimate of drug-likeness (QED) is 0.550. The van der Waals surface area contributed by atoms with E-state index in [1.165, 1.54) is 4.31 Å². The van der Waals surface area contributed by atoms with E-state index in [2.05, 4.69) is 0 Å². The Balaban J connectivity index is 1.50. The summed E-state index contributed by atoms with van der Waals surface area (Å²) >= 11 is 6.15. The number of nitrogens with zero attached hydrogens (tertiary/aromatic N) is 2. The molecule has 2 aliphatic heterocycles. The molecule has 0 aromatic heterocycles. The van der Waals surface area contributed by atoms with E-state index in [4.69, 9.17) is 21.1 Å². The summed E-state index contributed by atoms with van der Waals surface area (Å²) in [4.78, 5) is 15.3. The van der Waals surface area contributed by atoms with E-state index < -0.39 is 15.4 Å². The molecule has 4 rings (SSSR count). The number of piperidine rings is 1. The molecule has 2 aromatic carbocycles. The van der Waals surface area contributed by atoms with Crippen LogP contribution in [0.15, 0.2) is 47.4 Å². The number of aryl methyl sites for hydroxylation is 2. The van der Waals surface area contributed by atoms with Gasteiger partial charge in [0.15, 0.2) is 0 Å². The molecule has 35 heavy (non-hydrogen) atoms. The van der Waals surface area contributed by atoms with Gasteiger partial charge in [-0.25, -0.2) is 8.42 Å². The van der Waals surface area contributed by atoms with E-state index in [1.54, 1.807) is 24.3 Å². The van der Waals surface area contributed by atoms with Crippen LogP contribution in [0.5, 0.6) is 5.75 Å². The second-order valence-corrected chi connectivity index (χ2v) is 11.9. The number of benzene rings is 2. The van der Waals surface area contributed by atoms with Gasteiger partial charge in [0, 0.05) is 43.0 Å². The Bertz CT molecular complexity index is 1160. The van der Waals surface area contributed by atoms with Crippen molar-refractivity contribution >= 4 is 27.5 Å². The lowest BCUT2D eigenvalue weighted by Crippen LogP contribution is -2.49. The Hall–Kier alpha value is -2.13. The molecule has 0 atom stereocenters. The number of carbonyl (C=O) groups is 1. The minimum atomic E-state index is -3.60. The fourth-order valence-corrected chi connectivity index (χ4v) is 6.35. The molecule has 9 heteroatoms. The Morgan fingerprint density at radius 2 is 1.77 bits per heavy atom. The van der Waals surface area contributed by atoms with Gasteiger partial charge in [0.25, 0.3) is 0 Å². The van der Waals surface area contributed by atoms with Crippen molar-refractivity contribution in [1.29, 1.82) is 0 Å². The number of ether oxygens (including phenoxy) is 2. The molecule has 0 N–H and O–H groups in total. The van der Waals surface area contributed by atoms with E-state index in [9.17, 15) is 13.2 Å². The molecule has 2 heterocycles. The maximum Gasteiger partial charge on any atom is 0.243 e. The average Bonchev–Trinajstić information content (AvgIpc) is 2.86. The fraction of sp³-hybridized carbons (Fsp3) is 0.500. The van der Waals surface area contributed by atoms with Crippen LogP contribution in [-0.4, -0.2) is 69.5 Å². The van der Waals surface area contributed by atoms with Crippen LogP contribution in [0.25, 0.3) is 0 Å². The maximum atomic E-state index is 13.3. The summed E-state index contributed by atoms with van der Waals surface area (Å²) in [5.74, 6) is 0.763. The van der Waals surface area contributed by atoms with Gasteiger partial charge in [-0.05, 0) is 68.1 Å². The first-order valence-electron chi connectivity index (χ1n) is 12.0. The minimum Gasteiger partial charge on any atom is -0.493 e. The zero-order chi connectivity index (χ0) is 25.1. The normalized spacial score (nSPS) is 18.9. The van der Waals surface area contributed by atoms with Crippen molar-refractivity contribution in [2.45, 2.75) is 38.0 Å². The van der Waals surface area contributed by atoms with Gasteiger partial charge in [0.05, 0.1) is 24.7 Å². The lowest BCUT2D eigenvalue weighted by atomic mass is 9.76. The Kier molecular flexibility index (Phi) is 8.06. The third-order valence-corrected chi connectivity index (χ3v) is 9.29. The molecule has 0 spiro atoms. The van der Waals surface area contributed by atoms with Gasteiger partial charge in [0.1, 0.15) is 5.75 Å². The molecule has 0 radical (unpaired) electrons. The zero-order valence-electron chi connectivity index (χ0n) is 20.3. The van der Waals surface area contributed by atoms with Gasteiger partial charge in [-0.2, -0.15) is 4.31 Å². The second kappa shape index (κ2) is 10.9. The van der Waals surface area contributed by atoms with Gasteiger partial charge in [0.2, 0.25) is 15.9 Å². The number of carbonyl (C=O) groups excluding carboxylic acids is 1. The molecule has 7 nitrogen and oxygen atoms in total. The van der Waals surface area contributed by atoms with E-state index in [0.717, 1.165) is 11.1 Å². The molecule has 2 saturated heterocycles. The van der Waals surface area contributed by atoms with Crippen LogP contribution in [0.3, 0.4) is 0 Å². The third-order valence-electron chi connectivity index (χ3n) is 6.97. The van der Waals surface area contributed by atoms with E-state index in [0.29, 0.717) is 80.9 Å². The largest absolute Gasteiger partial charge is 0.493 e. The van der Waals surface area contributed by atoms with Gasteiger partial charge in [-0.15, -0.1) is 0 Å². The number of sulfonamides is 1. The van der Waals surface area contributed by atoms with Crippen molar-refractivity contribution in [2.24, 2.45) is 5.41 Å². The first-order valence-corrected chi connectivity index (χ1v) is 13.8. The summed E-state index contributed by atoms with van der Waals surface area (Å²) in [5, 5.41) is 0.671. The van der Waals surface area contributed by atoms with Crippen LogP contribution in [-0.2, 0) is 19.6 Å². The predicted octanol–water partition coefficient (Wildman–Crippen LogP) is 4.06. The highest BCUT2D eigenvalue weighted by Gasteiger charge is 2.41. The molecule has 0 aliphatic carbocycles. The van der Waals surface area contributed by atoms with Gasteiger partial charge in [-0.3, -0.25) is 4.79 Å². The highest BCUT2D eigenvalue weighted by atomic mass is 35.5. The number of morpholine rings is 1. The maximum absolute atomic E-state index is 13.3. The van der Waals surface area contributed by atoms with Crippen LogP contribution in [0.2, 0.25) is 5.02 Å². The van der Waals surface area contributed by atoms with Gasteiger partial charge >= 0.3 is 0 Å². The molecule has 190 valence electrons. The van der Waals surface area contributed by atoms with Crippen molar-refractivity contribution in [3.8, 4) is 5.75 Å². The summed E-state index contributed by atoms with van der Waals surface area (Å²) in [7, 11) is -3.60. The predicted molar refractivity (Wildman–Crippen MR) is 135 cm³/mol. The van der Waals surface area contributed by atoms with Crippen molar-refractivity contribution in [3.05, 3.63) is 58.6 Å². The van der Waals surface area contributed by atoms with Gasteiger partial charge < -0.3 is 14.4 Å². The van der Waals surface area contributed by atoms with Gasteiger partial charge in [-0.1, -0.05) is 23.7 Å². The topological polar surface area (TPSA) is 76.2 Å². The first-order chi connectivity index (χ1) is 16.7. The number of halogens is 1. The van der Waals surface area contributed by atoms with E-state index in [1.807, 2.05) is 36.9 Å². The second-order valence-electron chi connectivity index (χ2n) is 9.59. The number of hydrogen-bond donors (Lipinski definition) is 0. The van der Waals surface area contributed by atoms with Crippen LogP contribution < -0.4 is 4.74 Å². The van der Waals surface area contributed by atoms with Crippen LogP contribution in [0, 0.1) is 19.3 Å². The van der Waals surface area contributed by atoms with Crippen LogP contribution in [0.1, 0.15) is 30.4 Å². The van der Waals surface area contributed by atoms with Crippen LogP contribution in [0.4, 0.5) is 0 Å². The fourth-order valence-electron chi connectivity index (χ4n) is 4.69.